The van der Waals surface area contributed by atoms with Gasteiger partial charge < -0.3 is 11.5 Å². The topological polar surface area (TPSA) is 108 Å². The molecule has 0 aliphatic heterocycles. The van der Waals surface area contributed by atoms with Crippen LogP contribution >= 0.6 is 23.2 Å². The summed E-state index contributed by atoms with van der Waals surface area (Å²) in [5.74, 6) is -0.442. The van der Waals surface area contributed by atoms with E-state index >= 15 is 0 Å². The SMILES string of the molecule is Clc1cccnc1Cl.NC(=O)c1cccnc1.Nc1cccnc1. The molecule has 1 amide bonds. The lowest BCUT2D eigenvalue weighted by atomic mass is 10.3. The van der Waals surface area contributed by atoms with Gasteiger partial charge in [-0.15, -0.1) is 0 Å². The number of anilines is 1. The zero-order valence-corrected chi connectivity index (χ0v) is 14.0. The predicted octanol–water partition coefficient (Wildman–Crippen LogP) is 3.23. The highest BCUT2D eigenvalue weighted by Gasteiger charge is 1.95. The summed E-state index contributed by atoms with van der Waals surface area (Å²) in [6, 6.07) is 10.3. The van der Waals surface area contributed by atoms with Crippen LogP contribution < -0.4 is 11.5 Å². The van der Waals surface area contributed by atoms with Gasteiger partial charge in [0.2, 0.25) is 5.91 Å². The van der Waals surface area contributed by atoms with Gasteiger partial charge in [0.15, 0.2) is 0 Å². The Morgan fingerprint density at radius 1 is 0.917 bits per heavy atom. The Hall–Kier alpha value is -2.70. The molecular formula is C16H15Cl2N5O. The van der Waals surface area contributed by atoms with Crippen LogP contribution in [0.3, 0.4) is 0 Å². The Morgan fingerprint density at radius 2 is 1.54 bits per heavy atom. The fourth-order valence-electron chi connectivity index (χ4n) is 1.25. The van der Waals surface area contributed by atoms with E-state index < -0.39 is 5.91 Å². The average molecular weight is 364 g/mol. The maximum Gasteiger partial charge on any atom is 0.250 e. The van der Waals surface area contributed by atoms with E-state index in [1.54, 1.807) is 61.2 Å². The minimum Gasteiger partial charge on any atom is -0.397 e. The summed E-state index contributed by atoms with van der Waals surface area (Å²) < 4.78 is 0. The van der Waals surface area contributed by atoms with E-state index in [1.165, 1.54) is 6.20 Å². The van der Waals surface area contributed by atoms with Crippen molar-refractivity contribution in [2.45, 2.75) is 0 Å². The first-order valence-corrected chi connectivity index (χ1v) is 7.37. The molecule has 0 bridgehead atoms. The standard InChI is InChI=1S/C6H6N2O.C5H3Cl2N.C5H6N2/c7-6(9)5-2-1-3-8-4-5;6-4-2-1-3-8-5(4)7;6-5-2-1-3-7-4-5/h1-4H,(H2,7,9);1-3H;1-4H,6H2. The van der Waals surface area contributed by atoms with Crippen LogP contribution in [-0.2, 0) is 0 Å². The number of amides is 1. The Bertz CT molecular complexity index is 721. The number of carbonyl (C=O) groups is 1. The van der Waals surface area contributed by atoms with Crippen LogP contribution in [0.4, 0.5) is 5.69 Å². The highest BCUT2D eigenvalue weighted by molar-refractivity contribution is 6.41. The summed E-state index contributed by atoms with van der Waals surface area (Å²) in [6.07, 6.45) is 7.92. The van der Waals surface area contributed by atoms with Gasteiger partial charge >= 0.3 is 0 Å². The number of aromatic nitrogens is 3. The molecule has 24 heavy (non-hydrogen) atoms. The number of pyridine rings is 3. The van der Waals surface area contributed by atoms with Crippen LogP contribution in [-0.4, -0.2) is 20.9 Å². The highest BCUT2D eigenvalue weighted by atomic mass is 35.5. The number of hydrogen-bond donors (Lipinski definition) is 2. The lowest BCUT2D eigenvalue weighted by molar-refractivity contribution is 0.1000. The molecule has 0 saturated carbocycles. The molecule has 0 spiro atoms. The van der Waals surface area contributed by atoms with E-state index in [1.807, 2.05) is 0 Å². The molecule has 3 rings (SSSR count). The lowest BCUT2D eigenvalue weighted by Gasteiger charge is -1.88. The Balaban J connectivity index is 0.000000181. The maximum absolute atomic E-state index is 10.4. The lowest BCUT2D eigenvalue weighted by Crippen LogP contribution is -2.10. The normalized spacial score (nSPS) is 8.92. The van der Waals surface area contributed by atoms with E-state index in [-0.39, 0.29) is 0 Å². The van der Waals surface area contributed by atoms with Crippen LogP contribution in [0.1, 0.15) is 10.4 Å². The van der Waals surface area contributed by atoms with E-state index in [4.69, 9.17) is 34.7 Å². The second kappa shape index (κ2) is 10.9. The molecule has 0 unspecified atom stereocenters. The molecule has 0 aliphatic carbocycles. The van der Waals surface area contributed by atoms with Crippen LogP contribution in [0.2, 0.25) is 10.2 Å². The van der Waals surface area contributed by atoms with Crippen molar-refractivity contribution in [3.8, 4) is 0 Å². The molecule has 8 heteroatoms. The molecule has 124 valence electrons. The number of rotatable bonds is 1. The van der Waals surface area contributed by atoms with Gasteiger partial charge in [-0.2, -0.15) is 0 Å². The first-order valence-electron chi connectivity index (χ1n) is 6.62. The Labute approximate surface area is 149 Å². The summed E-state index contributed by atoms with van der Waals surface area (Å²) in [6.45, 7) is 0. The van der Waals surface area contributed by atoms with Gasteiger partial charge in [-0.1, -0.05) is 23.2 Å². The number of carbonyl (C=O) groups excluding carboxylic acids is 1. The number of nitrogen functional groups attached to an aromatic ring is 1. The molecule has 0 radical (unpaired) electrons. The monoisotopic (exact) mass is 363 g/mol. The third kappa shape index (κ3) is 8.07. The molecule has 0 atom stereocenters. The smallest absolute Gasteiger partial charge is 0.250 e. The fraction of sp³-hybridized carbons (Fsp3) is 0. The highest BCUT2D eigenvalue weighted by Crippen LogP contribution is 2.16. The van der Waals surface area contributed by atoms with Crippen LogP contribution in [0, 0.1) is 0 Å². The van der Waals surface area contributed by atoms with E-state index in [0.29, 0.717) is 21.4 Å². The first kappa shape index (κ1) is 19.3. The van der Waals surface area contributed by atoms with Crippen molar-refractivity contribution >= 4 is 34.8 Å². The first-order chi connectivity index (χ1) is 11.5. The quantitative estimate of drug-likeness (QED) is 0.645. The molecule has 0 fully saturated rings. The number of halogens is 2. The Kier molecular flexibility index (Phi) is 8.81. The molecule has 0 saturated heterocycles. The van der Waals surface area contributed by atoms with Crippen molar-refractivity contribution in [3.05, 3.63) is 83.1 Å². The maximum atomic E-state index is 10.4. The molecule has 0 aliphatic rings. The zero-order chi connectivity index (χ0) is 17.8. The second-order valence-corrected chi connectivity index (χ2v) is 4.93. The van der Waals surface area contributed by atoms with E-state index in [0.717, 1.165) is 0 Å². The van der Waals surface area contributed by atoms with Crippen molar-refractivity contribution in [1.29, 1.82) is 0 Å². The minimum absolute atomic E-state index is 0.356. The molecule has 0 aromatic carbocycles. The van der Waals surface area contributed by atoms with Crippen LogP contribution in [0.25, 0.3) is 0 Å². The van der Waals surface area contributed by atoms with E-state index in [9.17, 15) is 4.79 Å². The molecule has 4 N–H and O–H groups in total. The number of primary amides is 1. The molecule has 3 aromatic rings. The van der Waals surface area contributed by atoms with Crippen molar-refractivity contribution in [3.63, 3.8) is 0 Å². The van der Waals surface area contributed by atoms with E-state index in [2.05, 4.69) is 15.0 Å². The molecule has 3 heterocycles. The van der Waals surface area contributed by atoms with Gasteiger partial charge in [0.05, 0.1) is 16.3 Å². The number of nitrogens with zero attached hydrogens (tertiary/aromatic N) is 3. The second-order valence-electron chi connectivity index (χ2n) is 4.17. The summed E-state index contributed by atoms with van der Waals surface area (Å²) in [7, 11) is 0. The molecule has 6 nitrogen and oxygen atoms in total. The van der Waals surface area contributed by atoms with Crippen LogP contribution in [0.5, 0.6) is 0 Å². The summed E-state index contributed by atoms with van der Waals surface area (Å²) in [4.78, 5) is 21.6. The van der Waals surface area contributed by atoms with Crippen LogP contribution in [0.15, 0.2) is 67.4 Å². The van der Waals surface area contributed by atoms with Gasteiger partial charge in [-0.3, -0.25) is 14.8 Å². The minimum atomic E-state index is -0.442. The molecular weight excluding hydrogens is 349 g/mol. The summed E-state index contributed by atoms with van der Waals surface area (Å²) in [5.41, 5.74) is 11.4. The third-order valence-corrected chi connectivity index (χ3v) is 3.05. The third-order valence-electron chi connectivity index (χ3n) is 2.34. The zero-order valence-electron chi connectivity index (χ0n) is 12.5. The largest absolute Gasteiger partial charge is 0.397 e. The van der Waals surface area contributed by atoms with Gasteiger partial charge in [0.25, 0.3) is 0 Å². The van der Waals surface area contributed by atoms with Crippen molar-refractivity contribution in [1.82, 2.24) is 15.0 Å². The Morgan fingerprint density at radius 3 is 1.83 bits per heavy atom. The van der Waals surface area contributed by atoms with Gasteiger partial charge in [-0.25, -0.2) is 4.98 Å². The van der Waals surface area contributed by atoms with Crippen molar-refractivity contribution in [2.24, 2.45) is 5.73 Å². The number of hydrogen-bond acceptors (Lipinski definition) is 5. The number of nitrogens with two attached hydrogens (primary N) is 2. The van der Waals surface area contributed by atoms with Gasteiger partial charge in [0.1, 0.15) is 5.15 Å². The summed E-state index contributed by atoms with van der Waals surface area (Å²) in [5, 5.41) is 0.850. The van der Waals surface area contributed by atoms with Gasteiger partial charge in [-0.05, 0) is 36.4 Å². The van der Waals surface area contributed by atoms with Crippen molar-refractivity contribution in [2.75, 3.05) is 5.73 Å². The predicted molar refractivity (Wildman–Crippen MR) is 95.7 cm³/mol. The molecule has 3 aromatic heterocycles. The average Bonchev–Trinajstić information content (AvgIpc) is 2.60. The van der Waals surface area contributed by atoms with Crippen molar-refractivity contribution < 1.29 is 4.79 Å². The van der Waals surface area contributed by atoms with Gasteiger partial charge in [0, 0.05) is 31.0 Å². The fourth-order valence-corrected chi connectivity index (χ4v) is 1.49. The summed E-state index contributed by atoms with van der Waals surface area (Å²) >= 11 is 11.0.